The number of nitrogens with zero attached hydrogens (tertiary/aromatic N) is 2. The van der Waals surface area contributed by atoms with Gasteiger partial charge in [-0.2, -0.15) is 0 Å². The van der Waals surface area contributed by atoms with Gasteiger partial charge in [-0.25, -0.2) is 8.42 Å². The molecule has 0 unspecified atom stereocenters. The fourth-order valence-corrected chi connectivity index (χ4v) is 5.98. The molecule has 0 saturated carbocycles. The van der Waals surface area contributed by atoms with Crippen molar-refractivity contribution in [2.75, 3.05) is 23.9 Å². The molecule has 0 aliphatic heterocycles. The quantitative estimate of drug-likeness (QED) is 0.310. The van der Waals surface area contributed by atoms with E-state index in [0.29, 0.717) is 29.2 Å². The normalized spacial score (nSPS) is 12.2. The number of halogens is 1. The number of sulfonamides is 1. The molecule has 3 rings (SSSR count). The molecule has 1 atom stereocenters. The molecule has 214 valence electrons. The average Bonchev–Trinajstić information content (AvgIpc) is 2.91. The summed E-state index contributed by atoms with van der Waals surface area (Å²) in [6.45, 7) is 9.52. The molecule has 0 spiro atoms. The number of carbonyl (C=O) groups excluding carboxylic acids is 2. The molecule has 0 aliphatic carbocycles. The second-order valence-electron chi connectivity index (χ2n) is 10.4. The predicted octanol–water partition coefficient (Wildman–Crippen LogP) is 5.38. The molecule has 1 N–H and O–H groups in total. The predicted molar refractivity (Wildman–Crippen MR) is 161 cm³/mol. The highest BCUT2D eigenvalue weighted by Gasteiger charge is 2.33. The van der Waals surface area contributed by atoms with Gasteiger partial charge in [-0.3, -0.25) is 13.9 Å². The standard InChI is InChI=1S/C31H38ClN3O4S/c1-22(2)20-33-31(37)25(5)34(18-17-26-9-7-6-8-10-26)30(36)21-35(29-16-13-27(32)19-24(29)4)40(38,39)28-14-11-23(3)12-15-28/h6-16,19,22,25H,17-18,20-21H2,1-5H3,(H,33,37)/t25-/m0/s1. The van der Waals surface area contributed by atoms with E-state index in [2.05, 4.69) is 5.32 Å². The van der Waals surface area contributed by atoms with Gasteiger partial charge in [-0.1, -0.05) is 73.5 Å². The summed E-state index contributed by atoms with van der Waals surface area (Å²) in [4.78, 5) is 28.5. The molecule has 3 aromatic carbocycles. The summed E-state index contributed by atoms with van der Waals surface area (Å²) in [7, 11) is -4.13. The summed E-state index contributed by atoms with van der Waals surface area (Å²) in [6.07, 6.45) is 0.513. The van der Waals surface area contributed by atoms with Crippen LogP contribution in [0.4, 0.5) is 5.69 Å². The summed E-state index contributed by atoms with van der Waals surface area (Å²) in [5, 5.41) is 3.36. The Balaban J connectivity index is 1.99. The van der Waals surface area contributed by atoms with Crippen molar-refractivity contribution in [3.63, 3.8) is 0 Å². The van der Waals surface area contributed by atoms with Gasteiger partial charge in [0, 0.05) is 18.1 Å². The number of aryl methyl sites for hydroxylation is 2. The summed E-state index contributed by atoms with van der Waals surface area (Å²) in [5.74, 6) is -0.522. The van der Waals surface area contributed by atoms with Crippen LogP contribution in [-0.2, 0) is 26.0 Å². The van der Waals surface area contributed by atoms with E-state index in [4.69, 9.17) is 11.6 Å². The summed E-state index contributed by atoms with van der Waals surface area (Å²) < 4.78 is 29.0. The number of benzene rings is 3. The van der Waals surface area contributed by atoms with Gasteiger partial charge in [0.2, 0.25) is 11.8 Å². The van der Waals surface area contributed by atoms with Crippen LogP contribution >= 0.6 is 11.6 Å². The Labute approximate surface area is 243 Å². The number of amides is 2. The van der Waals surface area contributed by atoms with Crippen LogP contribution in [0.25, 0.3) is 0 Å². The Bertz CT molecular complexity index is 1410. The fourth-order valence-electron chi connectivity index (χ4n) is 4.27. The molecule has 9 heteroatoms. The van der Waals surface area contributed by atoms with Gasteiger partial charge < -0.3 is 10.2 Å². The van der Waals surface area contributed by atoms with Gasteiger partial charge >= 0.3 is 0 Å². The van der Waals surface area contributed by atoms with Crippen LogP contribution in [0, 0.1) is 19.8 Å². The van der Waals surface area contributed by atoms with Gasteiger partial charge in [0.25, 0.3) is 10.0 Å². The van der Waals surface area contributed by atoms with E-state index in [1.807, 2.05) is 51.1 Å². The molecule has 0 saturated heterocycles. The first-order valence-corrected chi connectivity index (χ1v) is 15.2. The Morgan fingerprint density at radius 2 is 1.57 bits per heavy atom. The molecule has 2 amide bonds. The average molecular weight is 584 g/mol. The second kappa shape index (κ2) is 13.8. The Morgan fingerprint density at radius 3 is 2.17 bits per heavy atom. The van der Waals surface area contributed by atoms with Crippen molar-refractivity contribution in [3.8, 4) is 0 Å². The van der Waals surface area contributed by atoms with Gasteiger partial charge in [0.1, 0.15) is 12.6 Å². The largest absolute Gasteiger partial charge is 0.354 e. The molecule has 0 fully saturated rings. The molecule has 7 nitrogen and oxygen atoms in total. The monoisotopic (exact) mass is 583 g/mol. The Kier molecular flexibility index (Phi) is 10.8. The maximum atomic E-state index is 14.0. The van der Waals surface area contributed by atoms with E-state index >= 15 is 0 Å². The Morgan fingerprint density at radius 1 is 0.925 bits per heavy atom. The highest BCUT2D eigenvalue weighted by atomic mass is 35.5. The first-order valence-electron chi connectivity index (χ1n) is 13.4. The van der Waals surface area contributed by atoms with Crippen LogP contribution in [0.1, 0.15) is 37.5 Å². The van der Waals surface area contributed by atoms with Crippen LogP contribution in [0.5, 0.6) is 0 Å². The number of carbonyl (C=O) groups is 2. The number of hydrogen-bond acceptors (Lipinski definition) is 4. The van der Waals surface area contributed by atoms with Crippen molar-refractivity contribution in [1.29, 1.82) is 0 Å². The van der Waals surface area contributed by atoms with Gasteiger partial charge in [0.15, 0.2) is 0 Å². The highest BCUT2D eigenvalue weighted by molar-refractivity contribution is 7.92. The van der Waals surface area contributed by atoms with Crippen molar-refractivity contribution >= 4 is 39.1 Å². The van der Waals surface area contributed by atoms with Gasteiger partial charge in [-0.15, -0.1) is 0 Å². The van der Waals surface area contributed by atoms with Crippen LogP contribution in [0.3, 0.4) is 0 Å². The molecule has 0 radical (unpaired) electrons. The zero-order valence-electron chi connectivity index (χ0n) is 23.7. The molecule has 0 aliphatic rings. The number of hydrogen-bond donors (Lipinski definition) is 1. The smallest absolute Gasteiger partial charge is 0.264 e. The highest BCUT2D eigenvalue weighted by Crippen LogP contribution is 2.29. The molecule has 3 aromatic rings. The lowest BCUT2D eigenvalue weighted by molar-refractivity contribution is -0.138. The van der Waals surface area contributed by atoms with Gasteiger partial charge in [-0.05, 0) is 74.6 Å². The first kappa shape index (κ1) is 31.2. The third kappa shape index (κ3) is 8.08. The molecular formula is C31H38ClN3O4S. The zero-order valence-corrected chi connectivity index (χ0v) is 25.3. The molecule has 40 heavy (non-hydrogen) atoms. The fraction of sp³-hybridized carbons (Fsp3) is 0.355. The van der Waals surface area contributed by atoms with E-state index < -0.39 is 28.5 Å². The van der Waals surface area contributed by atoms with Crippen molar-refractivity contribution in [3.05, 3.63) is 94.5 Å². The maximum Gasteiger partial charge on any atom is 0.264 e. The summed E-state index contributed by atoms with van der Waals surface area (Å²) >= 11 is 6.17. The number of anilines is 1. The van der Waals surface area contributed by atoms with Crippen LogP contribution in [0.2, 0.25) is 5.02 Å². The third-order valence-corrected chi connectivity index (χ3v) is 8.66. The van der Waals surface area contributed by atoms with E-state index in [1.54, 1.807) is 44.2 Å². The topological polar surface area (TPSA) is 86.8 Å². The van der Waals surface area contributed by atoms with Crippen molar-refractivity contribution in [1.82, 2.24) is 10.2 Å². The molecule has 0 aromatic heterocycles. The lowest BCUT2D eigenvalue weighted by Gasteiger charge is -2.32. The molecular weight excluding hydrogens is 546 g/mol. The van der Waals surface area contributed by atoms with E-state index in [1.165, 1.54) is 17.0 Å². The first-order chi connectivity index (χ1) is 18.9. The summed E-state index contributed by atoms with van der Waals surface area (Å²) in [6, 6.07) is 20.2. The van der Waals surface area contributed by atoms with Crippen LogP contribution in [-0.4, -0.2) is 50.8 Å². The van der Waals surface area contributed by atoms with Crippen molar-refractivity contribution in [2.24, 2.45) is 5.92 Å². The zero-order chi connectivity index (χ0) is 29.4. The third-order valence-electron chi connectivity index (χ3n) is 6.65. The number of rotatable bonds is 12. The van der Waals surface area contributed by atoms with E-state index in [0.717, 1.165) is 15.4 Å². The lowest BCUT2D eigenvalue weighted by Crippen LogP contribution is -2.52. The SMILES string of the molecule is Cc1ccc(S(=O)(=O)N(CC(=O)N(CCc2ccccc2)[C@@H](C)C(=O)NCC(C)C)c2ccc(Cl)cc2C)cc1. The maximum absolute atomic E-state index is 14.0. The van der Waals surface area contributed by atoms with Crippen LogP contribution in [0.15, 0.2) is 77.7 Å². The van der Waals surface area contributed by atoms with E-state index in [9.17, 15) is 18.0 Å². The van der Waals surface area contributed by atoms with Gasteiger partial charge in [0.05, 0.1) is 10.6 Å². The van der Waals surface area contributed by atoms with Crippen molar-refractivity contribution < 1.29 is 18.0 Å². The molecule has 0 heterocycles. The van der Waals surface area contributed by atoms with E-state index in [-0.39, 0.29) is 23.3 Å². The minimum Gasteiger partial charge on any atom is -0.354 e. The minimum atomic E-state index is -4.13. The Hall–Kier alpha value is -3.36. The second-order valence-corrected chi connectivity index (χ2v) is 12.7. The number of nitrogens with one attached hydrogen (secondary N) is 1. The minimum absolute atomic E-state index is 0.0683. The van der Waals surface area contributed by atoms with Crippen LogP contribution < -0.4 is 9.62 Å². The lowest BCUT2D eigenvalue weighted by atomic mass is 10.1. The summed E-state index contributed by atoms with van der Waals surface area (Å²) in [5.41, 5.74) is 2.87. The van der Waals surface area contributed by atoms with Crippen molar-refractivity contribution in [2.45, 2.75) is 52.0 Å². The molecule has 0 bridgehead atoms.